The van der Waals surface area contributed by atoms with Gasteiger partial charge in [0.05, 0.1) is 13.2 Å². The van der Waals surface area contributed by atoms with Crippen molar-refractivity contribution in [2.75, 3.05) is 25.6 Å². The van der Waals surface area contributed by atoms with Crippen molar-refractivity contribution in [3.8, 4) is 5.75 Å². The van der Waals surface area contributed by atoms with Crippen LogP contribution in [0.5, 0.6) is 5.75 Å². The average molecular weight is 225 g/mol. The number of aliphatic hydroxyl groups excluding tert-OH is 1. The van der Waals surface area contributed by atoms with E-state index in [1.807, 2.05) is 6.92 Å². The van der Waals surface area contributed by atoms with E-state index >= 15 is 0 Å². The average Bonchev–Trinajstić information content (AvgIpc) is 2.26. The molecule has 0 unspecified atom stereocenters. The van der Waals surface area contributed by atoms with Crippen LogP contribution in [0.3, 0.4) is 0 Å². The molecule has 0 heterocycles. The smallest absolute Gasteiger partial charge is 0.344 e. The Morgan fingerprint density at radius 3 is 2.88 bits per heavy atom. The van der Waals surface area contributed by atoms with Gasteiger partial charge in [-0.15, -0.1) is 0 Å². The molecule has 0 aliphatic carbocycles. The number of rotatable bonds is 5. The van der Waals surface area contributed by atoms with Crippen molar-refractivity contribution in [3.63, 3.8) is 0 Å². The second-order valence-corrected chi connectivity index (χ2v) is 3.01. The van der Waals surface area contributed by atoms with Gasteiger partial charge >= 0.3 is 5.97 Å². The lowest BCUT2D eigenvalue weighted by Gasteiger charge is -2.11. The zero-order valence-corrected chi connectivity index (χ0v) is 9.10. The van der Waals surface area contributed by atoms with Gasteiger partial charge in [-0.05, 0) is 19.1 Å². The Morgan fingerprint density at radius 2 is 2.25 bits per heavy atom. The highest BCUT2D eigenvalue weighted by Gasteiger charge is 2.17. The quantitative estimate of drug-likeness (QED) is 0.572. The number of ether oxygens (including phenoxy) is 2. The Morgan fingerprint density at radius 1 is 1.50 bits per heavy atom. The van der Waals surface area contributed by atoms with E-state index in [0.717, 1.165) is 0 Å². The lowest BCUT2D eigenvalue weighted by Crippen LogP contribution is -2.13. The summed E-state index contributed by atoms with van der Waals surface area (Å²) in [6.07, 6.45) is 0. The van der Waals surface area contributed by atoms with E-state index in [1.54, 1.807) is 18.2 Å². The molecule has 1 rings (SSSR count). The van der Waals surface area contributed by atoms with Gasteiger partial charge in [-0.3, -0.25) is 0 Å². The molecule has 0 spiro atoms. The molecule has 0 aromatic heterocycles. The summed E-state index contributed by atoms with van der Waals surface area (Å²) in [5, 5.41) is 8.56. The van der Waals surface area contributed by atoms with E-state index in [0.29, 0.717) is 18.0 Å². The Balaban J connectivity index is 2.95. The van der Waals surface area contributed by atoms with E-state index < -0.39 is 5.97 Å². The molecule has 0 aliphatic heterocycles. The van der Waals surface area contributed by atoms with Gasteiger partial charge in [0.2, 0.25) is 0 Å². The summed E-state index contributed by atoms with van der Waals surface area (Å²) in [5.41, 5.74) is 6.19. The first-order chi connectivity index (χ1) is 7.70. The molecule has 0 amide bonds. The summed E-state index contributed by atoms with van der Waals surface area (Å²) in [7, 11) is 0. The molecule has 0 saturated heterocycles. The maximum absolute atomic E-state index is 11.6. The lowest BCUT2D eigenvalue weighted by molar-refractivity contribution is 0.0431. The molecule has 1 aromatic carbocycles. The van der Waals surface area contributed by atoms with Crippen LogP contribution >= 0.6 is 0 Å². The third-order valence-electron chi connectivity index (χ3n) is 1.89. The molecule has 0 radical (unpaired) electrons. The van der Waals surface area contributed by atoms with Gasteiger partial charge in [-0.2, -0.15) is 0 Å². The van der Waals surface area contributed by atoms with Gasteiger partial charge in [-0.1, -0.05) is 6.07 Å². The fraction of sp³-hybridized carbons (Fsp3) is 0.364. The molecule has 0 fully saturated rings. The predicted molar refractivity (Wildman–Crippen MR) is 59.4 cm³/mol. The van der Waals surface area contributed by atoms with Crippen molar-refractivity contribution in [1.82, 2.24) is 0 Å². The maximum atomic E-state index is 11.6. The second kappa shape index (κ2) is 5.97. The van der Waals surface area contributed by atoms with Gasteiger partial charge in [-0.25, -0.2) is 4.79 Å². The Bertz CT molecular complexity index is 365. The molecule has 88 valence electrons. The van der Waals surface area contributed by atoms with Crippen molar-refractivity contribution in [3.05, 3.63) is 23.8 Å². The number of nitrogens with two attached hydrogens (primary N) is 1. The standard InChI is InChI=1S/C11H15NO4/c1-2-15-9-5-3-4-8(12)10(9)11(14)16-7-6-13/h3-5,13H,2,6-7,12H2,1H3. The van der Waals surface area contributed by atoms with Crippen LogP contribution in [0.15, 0.2) is 18.2 Å². The molecule has 0 saturated carbocycles. The van der Waals surface area contributed by atoms with E-state index in [-0.39, 0.29) is 18.8 Å². The third-order valence-corrected chi connectivity index (χ3v) is 1.89. The van der Waals surface area contributed by atoms with Crippen molar-refractivity contribution in [2.45, 2.75) is 6.92 Å². The molecule has 1 aromatic rings. The minimum atomic E-state index is -0.587. The zero-order valence-electron chi connectivity index (χ0n) is 9.10. The second-order valence-electron chi connectivity index (χ2n) is 3.01. The van der Waals surface area contributed by atoms with Gasteiger partial charge in [0, 0.05) is 5.69 Å². The SMILES string of the molecule is CCOc1cccc(N)c1C(=O)OCCO. The molecule has 0 aliphatic rings. The van der Waals surface area contributed by atoms with Crippen molar-refractivity contribution < 1.29 is 19.4 Å². The number of hydrogen-bond acceptors (Lipinski definition) is 5. The number of nitrogen functional groups attached to an aromatic ring is 1. The first-order valence-corrected chi connectivity index (χ1v) is 5.00. The highest BCUT2D eigenvalue weighted by molar-refractivity contribution is 5.98. The summed E-state index contributed by atoms with van der Waals surface area (Å²) >= 11 is 0. The summed E-state index contributed by atoms with van der Waals surface area (Å²) in [5.74, 6) is -0.193. The summed E-state index contributed by atoms with van der Waals surface area (Å²) in [6, 6.07) is 4.94. The fourth-order valence-corrected chi connectivity index (χ4v) is 1.25. The van der Waals surface area contributed by atoms with Gasteiger partial charge in [0.1, 0.15) is 17.9 Å². The van der Waals surface area contributed by atoms with E-state index in [9.17, 15) is 4.79 Å². The van der Waals surface area contributed by atoms with Crippen LogP contribution < -0.4 is 10.5 Å². The molecule has 5 nitrogen and oxygen atoms in total. The normalized spacial score (nSPS) is 9.88. The number of carbonyl (C=O) groups excluding carboxylic acids is 1. The minimum absolute atomic E-state index is 0.0568. The van der Waals surface area contributed by atoms with E-state index in [2.05, 4.69) is 0 Å². The van der Waals surface area contributed by atoms with Gasteiger partial charge in [0.15, 0.2) is 0 Å². The highest BCUT2D eigenvalue weighted by Crippen LogP contribution is 2.25. The third kappa shape index (κ3) is 2.87. The summed E-state index contributed by atoms with van der Waals surface area (Å²) in [6.45, 7) is 1.97. The fourth-order valence-electron chi connectivity index (χ4n) is 1.25. The molecular weight excluding hydrogens is 210 g/mol. The number of benzene rings is 1. The van der Waals surface area contributed by atoms with Crippen LogP contribution in [0.4, 0.5) is 5.69 Å². The van der Waals surface area contributed by atoms with Crippen LogP contribution in [0.2, 0.25) is 0 Å². The molecule has 16 heavy (non-hydrogen) atoms. The Kier molecular flexibility index (Phi) is 4.60. The number of esters is 1. The molecular formula is C11H15NO4. The maximum Gasteiger partial charge on any atom is 0.344 e. The van der Waals surface area contributed by atoms with Crippen molar-refractivity contribution in [1.29, 1.82) is 0 Å². The monoisotopic (exact) mass is 225 g/mol. The van der Waals surface area contributed by atoms with Crippen LogP contribution in [0.25, 0.3) is 0 Å². The molecule has 0 atom stereocenters. The molecule has 3 N–H and O–H groups in total. The van der Waals surface area contributed by atoms with Crippen LogP contribution in [0.1, 0.15) is 17.3 Å². The van der Waals surface area contributed by atoms with Crippen molar-refractivity contribution >= 4 is 11.7 Å². The van der Waals surface area contributed by atoms with E-state index in [4.69, 9.17) is 20.3 Å². The van der Waals surface area contributed by atoms with Crippen LogP contribution in [-0.4, -0.2) is 30.9 Å². The van der Waals surface area contributed by atoms with Gasteiger partial charge in [0.25, 0.3) is 0 Å². The first kappa shape index (κ1) is 12.3. The highest BCUT2D eigenvalue weighted by atomic mass is 16.5. The number of hydrogen-bond donors (Lipinski definition) is 2. The molecule has 5 heteroatoms. The number of anilines is 1. The van der Waals surface area contributed by atoms with Crippen molar-refractivity contribution in [2.24, 2.45) is 0 Å². The Labute approximate surface area is 93.8 Å². The van der Waals surface area contributed by atoms with Gasteiger partial charge < -0.3 is 20.3 Å². The van der Waals surface area contributed by atoms with Crippen LogP contribution in [-0.2, 0) is 4.74 Å². The van der Waals surface area contributed by atoms with E-state index in [1.165, 1.54) is 0 Å². The largest absolute Gasteiger partial charge is 0.493 e. The first-order valence-electron chi connectivity index (χ1n) is 5.00. The predicted octanol–water partition coefficient (Wildman–Crippen LogP) is 0.817. The minimum Gasteiger partial charge on any atom is -0.493 e. The lowest BCUT2D eigenvalue weighted by atomic mass is 10.1. The number of carbonyl (C=O) groups is 1. The summed E-state index contributed by atoms with van der Waals surface area (Å²) < 4.78 is 10.1. The Hall–Kier alpha value is -1.75. The number of aliphatic hydroxyl groups is 1. The topological polar surface area (TPSA) is 81.8 Å². The summed E-state index contributed by atoms with van der Waals surface area (Å²) in [4.78, 5) is 11.6. The zero-order chi connectivity index (χ0) is 12.0. The van der Waals surface area contributed by atoms with Crippen LogP contribution in [0, 0.1) is 0 Å². The molecule has 0 bridgehead atoms.